The largest absolute Gasteiger partial charge is 0.492 e. The number of halogens is 1. The normalized spacial score (nSPS) is 16.6. The van der Waals surface area contributed by atoms with E-state index in [4.69, 9.17) is 16.3 Å². The number of anilines is 1. The Morgan fingerprint density at radius 3 is 3.05 bits per heavy atom. The van der Waals surface area contributed by atoms with E-state index in [1.165, 1.54) is 6.20 Å². The van der Waals surface area contributed by atoms with E-state index in [0.717, 1.165) is 11.3 Å². The lowest BCUT2D eigenvalue weighted by Gasteiger charge is -2.09. The molecule has 2 aromatic rings. The lowest BCUT2D eigenvalue weighted by Crippen LogP contribution is -2.22. The molecule has 0 spiro atoms. The van der Waals surface area contributed by atoms with Crippen LogP contribution in [0.2, 0.25) is 5.28 Å². The number of nitrogens with zero attached hydrogens (tertiary/aromatic N) is 2. The van der Waals surface area contributed by atoms with Gasteiger partial charge in [0, 0.05) is 11.8 Å². The van der Waals surface area contributed by atoms with E-state index in [2.05, 4.69) is 15.3 Å². The first-order valence-electron chi connectivity index (χ1n) is 5.75. The van der Waals surface area contributed by atoms with Crippen molar-refractivity contribution in [3.8, 4) is 5.75 Å². The van der Waals surface area contributed by atoms with Gasteiger partial charge in [0.1, 0.15) is 24.1 Å². The van der Waals surface area contributed by atoms with Crippen molar-refractivity contribution in [2.75, 3.05) is 11.9 Å². The summed E-state index contributed by atoms with van der Waals surface area (Å²) in [5, 5.41) is 2.81. The molecule has 2 heterocycles. The van der Waals surface area contributed by atoms with Crippen molar-refractivity contribution in [1.29, 1.82) is 0 Å². The molecule has 0 saturated carbocycles. The molecule has 1 aliphatic heterocycles. The SMILES string of the molecule is O=C(Nc1ccnc(Cl)n1)C1COc2ccccc21. The Bertz CT molecular complexity index is 633. The number of amides is 1. The van der Waals surface area contributed by atoms with Crippen LogP contribution in [0.1, 0.15) is 11.5 Å². The van der Waals surface area contributed by atoms with E-state index in [-0.39, 0.29) is 17.1 Å². The quantitative estimate of drug-likeness (QED) is 0.854. The highest BCUT2D eigenvalue weighted by atomic mass is 35.5. The van der Waals surface area contributed by atoms with Crippen LogP contribution in [0.5, 0.6) is 5.75 Å². The van der Waals surface area contributed by atoms with Gasteiger partial charge in [-0.2, -0.15) is 0 Å². The standard InChI is InChI=1S/C13H10ClN3O2/c14-13-15-6-5-11(17-13)16-12(18)9-7-19-10-4-2-1-3-8(9)10/h1-6,9H,7H2,(H,15,16,17,18). The fraction of sp³-hybridized carbons (Fsp3) is 0.154. The molecule has 0 radical (unpaired) electrons. The van der Waals surface area contributed by atoms with Crippen LogP contribution in [0, 0.1) is 0 Å². The number of rotatable bonds is 2. The zero-order valence-corrected chi connectivity index (χ0v) is 10.6. The molecular formula is C13H10ClN3O2. The van der Waals surface area contributed by atoms with Crippen molar-refractivity contribution in [2.24, 2.45) is 0 Å². The van der Waals surface area contributed by atoms with Crippen LogP contribution in [0.15, 0.2) is 36.5 Å². The van der Waals surface area contributed by atoms with E-state index >= 15 is 0 Å². The minimum atomic E-state index is -0.329. The van der Waals surface area contributed by atoms with Gasteiger partial charge in [0.15, 0.2) is 0 Å². The maximum absolute atomic E-state index is 12.2. The van der Waals surface area contributed by atoms with Crippen molar-refractivity contribution in [3.05, 3.63) is 47.4 Å². The van der Waals surface area contributed by atoms with Crippen molar-refractivity contribution in [2.45, 2.75) is 5.92 Å². The van der Waals surface area contributed by atoms with Gasteiger partial charge in [-0.3, -0.25) is 4.79 Å². The van der Waals surface area contributed by atoms with Crippen LogP contribution in [-0.2, 0) is 4.79 Å². The van der Waals surface area contributed by atoms with Gasteiger partial charge >= 0.3 is 0 Å². The van der Waals surface area contributed by atoms with E-state index in [0.29, 0.717) is 12.4 Å². The predicted octanol–water partition coefficient (Wildman–Crippen LogP) is 2.24. The Hall–Kier alpha value is -2.14. The summed E-state index contributed by atoms with van der Waals surface area (Å²) in [5.74, 6) is 0.641. The van der Waals surface area contributed by atoms with Crippen LogP contribution in [0.4, 0.5) is 5.82 Å². The van der Waals surface area contributed by atoms with Gasteiger partial charge in [-0.1, -0.05) is 18.2 Å². The molecule has 6 heteroatoms. The van der Waals surface area contributed by atoms with Crippen molar-refractivity contribution in [1.82, 2.24) is 9.97 Å². The van der Waals surface area contributed by atoms with Crippen molar-refractivity contribution in [3.63, 3.8) is 0 Å². The summed E-state index contributed by atoms with van der Waals surface area (Å²) in [7, 11) is 0. The first-order valence-corrected chi connectivity index (χ1v) is 6.13. The fourth-order valence-corrected chi connectivity index (χ4v) is 2.14. The van der Waals surface area contributed by atoms with Gasteiger partial charge in [-0.05, 0) is 23.7 Å². The number of aromatic nitrogens is 2. The molecule has 0 aliphatic carbocycles. The maximum Gasteiger partial charge on any atom is 0.236 e. The minimum Gasteiger partial charge on any atom is -0.492 e. The second-order valence-electron chi connectivity index (χ2n) is 4.10. The fourth-order valence-electron chi connectivity index (χ4n) is 2.00. The number of carbonyl (C=O) groups excluding carboxylic acids is 1. The molecule has 19 heavy (non-hydrogen) atoms. The number of nitrogens with one attached hydrogen (secondary N) is 1. The molecule has 1 aliphatic rings. The van der Waals surface area contributed by atoms with Crippen LogP contribution in [0.25, 0.3) is 0 Å². The highest BCUT2D eigenvalue weighted by molar-refractivity contribution is 6.28. The molecule has 1 N–H and O–H groups in total. The monoisotopic (exact) mass is 275 g/mol. The zero-order chi connectivity index (χ0) is 13.2. The zero-order valence-electron chi connectivity index (χ0n) is 9.84. The average molecular weight is 276 g/mol. The summed E-state index contributed by atoms with van der Waals surface area (Å²) in [6.07, 6.45) is 1.49. The second kappa shape index (κ2) is 4.85. The summed E-state index contributed by atoms with van der Waals surface area (Å²) >= 11 is 5.67. The summed E-state index contributed by atoms with van der Waals surface area (Å²) in [5.41, 5.74) is 0.889. The maximum atomic E-state index is 12.2. The number of fused-ring (bicyclic) bond motifs is 1. The van der Waals surface area contributed by atoms with E-state index < -0.39 is 0 Å². The highest BCUT2D eigenvalue weighted by Gasteiger charge is 2.30. The Kier molecular flexibility index (Phi) is 3.05. The number of hydrogen-bond acceptors (Lipinski definition) is 4. The topological polar surface area (TPSA) is 64.1 Å². The average Bonchev–Trinajstić information content (AvgIpc) is 2.82. The molecule has 1 unspecified atom stereocenters. The Balaban J connectivity index is 1.79. The molecule has 1 aromatic heterocycles. The summed E-state index contributed by atoms with van der Waals surface area (Å²) < 4.78 is 5.47. The van der Waals surface area contributed by atoms with Crippen LogP contribution < -0.4 is 10.1 Å². The van der Waals surface area contributed by atoms with Crippen LogP contribution in [0.3, 0.4) is 0 Å². The van der Waals surface area contributed by atoms with Gasteiger partial charge < -0.3 is 10.1 Å². The molecule has 0 bridgehead atoms. The second-order valence-corrected chi connectivity index (χ2v) is 4.44. The van der Waals surface area contributed by atoms with Crippen molar-refractivity contribution >= 4 is 23.3 Å². The van der Waals surface area contributed by atoms with Gasteiger partial charge in [-0.15, -0.1) is 0 Å². The van der Waals surface area contributed by atoms with Crippen LogP contribution in [-0.4, -0.2) is 22.5 Å². The number of hydrogen-bond donors (Lipinski definition) is 1. The van der Waals surface area contributed by atoms with E-state index in [1.54, 1.807) is 6.07 Å². The smallest absolute Gasteiger partial charge is 0.236 e. The van der Waals surface area contributed by atoms with E-state index in [9.17, 15) is 4.79 Å². The van der Waals surface area contributed by atoms with Gasteiger partial charge in [0.05, 0.1) is 0 Å². The molecular weight excluding hydrogens is 266 g/mol. The first-order chi connectivity index (χ1) is 9.24. The van der Waals surface area contributed by atoms with Crippen LogP contribution >= 0.6 is 11.6 Å². The number of para-hydroxylation sites is 1. The third-order valence-electron chi connectivity index (χ3n) is 2.89. The Morgan fingerprint density at radius 2 is 2.21 bits per heavy atom. The van der Waals surface area contributed by atoms with Gasteiger partial charge in [-0.25, -0.2) is 9.97 Å². The minimum absolute atomic E-state index is 0.0980. The molecule has 0 saturated heterocycles. The summed E-state index contributed by atoms with van der Waals surface area (Å²) in [6.45, 7) is 0.337. The molecule has 1 amide bonds. The number of benzene rings is 1. The number of carbonyl (C=O) groups is 1. The lowest BCUT2D eigenvalue weighted by molar-refractivity contribution is -0.117. The molecule has 1 aromatic carbocycles. The summed E-state index contributed by atoms with van der Waals surface area (Å²) in [4.78, 5) is 19.9. The molecule has 5 nitrogen and oxygen atoms in total. The molecule has 96 valence electrons. The third-order valence-corrected chi connectivity index (χ3v) is 3.08. The first kappa shape index (κ1) is 11.9. The van der Waals surface area contributed by atoms with Gasteiger partial charge in [0.25, 0.3) is 0 Å². The highest BCUT2D eigenvalue weighted by Crippen LogP contribution is 2.33. The third kappa shape index (κ3) is 2.37. The molecule has 0 fully saturated rings. The lowest BCUT2D eigenvalue weighted by atomic mass is 10.0. The summed E-state index contributed by atoms with van der Waals surface area (Å²) in [6, 6.07) is 9.09. The molecule has 3 rings (SSSR count). The Morgan fingerprint density at radius 1 is 1.37 bits per heavy atom. The van der Waals surface area contributed by atoms with E-state index in [1.807, 2.05) is 24.3 Å². The predicted molar refractivity (Wildman–Crippen MR) is 70.3 cm³/mol. The molecule has 1 atom stereocenters. The van der Waals surface area contributed by atoms with Crippen molar-refractivity contribution < 1.29 is 9.53 Å². The van der Waals surface area contributed by atoms with Gasteiger partial charge in [0.2, 0.25) is 11.2 Å². The Labute approximate surface area is 114 Å². The number of ether oxygens (including phenoxy) is 1.